The number of hydrogen-bond donors (Lipinski definition) is 2. The molecule has 2 amide bonds. The smallest absolute Gasteiger partial charge is 0.261 e. The number of rotatable bonds is 10. The van der Waals surface area contributed by atoms with Gasteiger partial charge in [0.1, 0.15) is 16.3 Å². The van der Waals surface area contributed by atoms with Crippen LogP contribution in [0.15, 0.2) is 54.6 Å². The zero-order chi connectivity index (χ0) is 24.8. The van der Waals surface area contributed by atoms with E-state index in [-0.39, 0.29) is 11.8 Å². The molecule has 2 aromatic carbocycles. The van der Waals surface area contributed by atoms with Gasteiger partial charge in [-0.1, -0.05) is 6.92 Å². The highest BCUT2D eigenvalue weighted by Gasteiger charge is 2.18. The molecule has 0 unspecified atom stereocenters. The number of nitrogens with zero attached hydrogens (tertiary/aromatic N) is 2. The van der Waals surface area contributed by atoms with Crippen molar-refractivity contribution in [2.75, 3.05) is 27.3 Å². The minimum Gasteiger partial charge on any atom is -0.497 e. The molecule has 0 bridgehead atoms. The number of benzene rings is 2. The number of carbonyl (C=O) groups is 2. The van der Waals surface area contributed by atoms with Crippen molar-refractivity contribution in [3.05, 3.63) is 70.7 Å². The van der Waals surface area contributed by atoms with Crippen LogP contribution in [0.2, 0.25) is 0 Å². The summed E-state index contributed by atoms with van der Waals surface area (Å²) in [4.78, 5) is 26.6. The minimum atomic E-state index is -0.154. The van der Waals surface area contributed by atoms with Gasteiger partial charge in [-0.05, 0) is 67.4 Å². The van der Waals surface area contributed by atoms with E-state index in [1.165, 1.54) is 11.3 Å². The lowest BCUT2D eigenvalue weighted by Crippen LogP contribution is -2.29. The summed E-state index contributed by atoms with van der Waals surface area (Å²) in [6.07, 6.45) is 1.39. The molecule has 2 heterocycles. The first-order chi connectivity index (χ1) is 17.0. The van der Waals surface area contributed by atoms with Crippen LogP contribution in [0.1, 0.15) is 39.1 Å². The maximum Gasteiger partial charge on any atom is 0.261 e. The first-order valence-electron chi connectivity index (χ1n) is 11.4. The summed E-state index contributed by atoms with van der Waals surface area (Å²) in [6.45, 7) is 2.98. The second kappa shape index (κ2) is 11.1. The molecular formula is C26H28N4O4S. The maximum atomic E-state index is 12.8. The number of hydrogen-bond acceptors (Lipinski definition) is 6. The SMILES string of the molecule is CCc1nn(-c2ccc(OC)cc2)c2sc(C(=O)NCCCNC(=O)c3ccc(OC)cc3)cc12. The van der Waals surface area contributed by atoms with Crippen molar-refractivity contribution >= 4 is 33.4 Å². The summed E-state index contributed by atoms with van der Waals surface area (Å²) in [5.74, 6) is 1.20. The molecule has 8 nitrogen and oxygen atoms in total. The van der Waals surface area contributed by atoms with Gasteiger partial charge >= 0.3 is 0 Å². The first kappa shape index (κ1) is 24.3. The quantitative estimate of drug-likeness (QED) is 0.323. The van der Waals surface area contributed by atoms with Crippen molar-refractivity contribution in [1.29, 1.82) is 0 Å². The normalized spacial score (nSPS) is 10.8. The average Bonchev–Trinajstić information content (AvgIpc) is 3.48. The molecule has 0 saturated heterocycles. The Morgan fingerprint density at radius 1 is 0.914 bits per heavy atom. The number of amides is 2. The fourth-order valence-corrected chi connectivity index (χ4v) is 4.73. The molecule has 0 fully saturated rings. The monoisotopic (exact) mass is 492 g/mol. The summed E-state index contributed by atoms with van der Waals surface area (Å²) in [5.41, 5.74) is 2.43. The molecule has 0 radical (unpaired) electrons. The van der Waals surface area contributed by atoms with Crippen molar-refractivity contribution in [3.8, 4) is 17.2 Å². The molecule has 0 saturated carbocycles. The van der Waals surface area contributed by atoms with E-state index in [2.05, 4.69) is 17.6 Å². The van der Waals surface area contributed by atoms with Crippen LogP contribution in [0.3, 0.4) is 0 Å². The lowest BCUT2D eigenvalue weighted by Gasteiger charge is -2.07. The topological polar surface area (TPSA) is 94.5 Å². The largest absolute Gasteiger partial charge is 0.497 e. The van der Waals surface area contributed by atoms with E-state index < -0.39 is 0 Å². The minimum absolute atomic E-state index is 0.129. The molecule has 9 heteroatoms. The van der Waals surface area contributed by atoms with Crippen molar-refractivity contribution in [3.63, 3.8) is 0 Å². The molecule has 4 aromatic rings. The fourth-order valence-electron chi connectivity index (χ4n) is 3.66. The lowest BCUT2D eigenvalue weighted by atomic mass is 10.2. The van der Waals surface area contributed by atoms with Crippen LogP contribution in [0.5, 0.6) is 11.5 Å². The summed E-state index contributed by atoms with van der Waals surface area (Å²) in [7, 11) is 3.22. The number of thiophene rings is 1. The Bertz CT molecular complexity index is 1310. The fraction of sp³-hybridized carbons (Fsp3) is 0.269. The molecule has 2 aromatic heterocycles. The molecule has 4 rings (SSSR count). The van der Waals surface area contributed by atoms with Crippen molar-refractivity contribution in [2.24, 2.45) is 0 Å². The van der Waals surface area contributed by atoms with Crippen LogP contribution < -0.4 is 20.1 Å². The van der Waals surface area contributed by atoms with Crippen LogP contribution in [0.4, 0.5) is 0 Å². The van der Waals surface area contributed by atoms with Crippen molar-refractivity contribution in [2.45, 2.75) is 19.8 Å². The molecular weight excluding hydrogens is 464 g/mol. The van der Waals surface area contributed by atoms with E-state index in [0.29, 0.717) is 35.7 Å². The van der Waals surface area contributed by atoms with Gasteiger partial charge in [-0.3, -0.25) is 9.59 Å². The molecule has 0 atom stereocenters. The highest BCUT2D eigenvalue weighted by Crippen LogP contribution is 2.31. The number of carbonyl (C=O) groups excluding carboxylic acids is 2. The third-order valence-electron chi connectivity index (χ3n) is 5.59. The molecule has 0 spiro atoms. The zero-order valence-electron chi connectivity index (χ0n) is 20.0. The molecule has 0 aliphatic heterocycles. The summed E-state index contributed by atoms with van der Waals surface area (Å²) in [5, 5.41) is 11.5. The molecule has 35 heavy (non-hydrogen) atoms. The van der Waals surface area contributed by atoms with Gasteiger partial charge in [-0.2, -0.15) is 5.10 Å². The number of aryl methyl sites for hydroxylation is 1. The Kier molecular flexibility index (Phi) is 7.67. The highest BCUT2D eigenvalue weighted by atomic mass is 32.1. The Balaban J connectivity index is 1.34. The van der Waals surface area contributed by atoms with Crippen LogP contribution in [0, 0.1) is 0 Å². The van der Waals surface area contributed by atoms with Crippen LogP contribution in [0.25, 0.3) is 15.9 Å². The highest BCUT2D eigenvalue weighted by molar-refractivity contribution is 7.20. The van der Waals surface area contributed by atoms with Crippen LogP contribution >= 0.6 is 11.3 Å². The summed E-state index contributed by atoms with van der Waals surface area (Å²) < 4.78 is 12.2. The van der Waals surface area contributed by atoms with E-state index in [1.54, 1.807) is 38.5 Å². The van der Waals surface area contributed by atoms with Crippen LogP contribution in [-0.4, -0.2) is 48.9 Å². The maximum absolute atomic E-state index is 12.8. The van der Waals surface area contributed by atoms with E-state index in [1.807, 2.05) is 35.0 Å². The predicted molar refractivity (Wildman–Crippen MR) is 137 cm³/mol. The number of nitrogens with one attached hydrogen (secondary N) is 2. The molecule has 182 valence electrons. The Morgan fingerprint density at radius 3 is 2.11 bits per heavy atom. The van der Waals surface area contributed by atoms with Gasteiger partial charge in [-0.25, -0.2) is 4.68 Å². The van der Waals surface area contributed by atoms with Crippen molar-refractivity contribution in [1.82, 2.24) is 20.4 Å². The van der Waals surface area contributed by atoms with E-state index in [0.717, 1.165) is 33.8 Å². The summed E-state index contributed by atoms with van der Waals surface area (Å²) in [6, 6.07) is 16.5. The first-order valence-corrected chi connectivity index (χ1v) is 12.2. The lowest BCUT2D eigenvalue weighted by molar-refractivity contribution is 0.0953. The van der Waals surface area contributed by atoms with Gasteiger partial charge in [0.15, 0.2) is 0 Å². The Labute approximate surface area is 207 Å². The van der Waals surface area contributed by atoms with Gasteiger partial charge in [0.2, 0.25) is 0 Å². The number of fused-ring (bicyclic) bond motifs is 1. The van der Waals surface area contributed by atoms with Gasteiger partial charge in [0.05, 0.1) is 30.5 Å². The van der Waals surface area contributed by atoms with Gasteiger partial charge < -0.3 is 20.1 Å². The van der Waals surface area contributed by atoms with Gasteiger partial charge in [0.25, 0.3) is 11.8 Å². The van der Waals surface area contributed by atoms with E-state index in [9.17, 15) is 9.59 Å². The predicted octanol–water partition coefficient (Wildman–Crippen LogP) is 4.22. The third kappa shape index (κ3) is 5.46. The third-order valence-corrected chi connectivity index (χ3v) is 6.70. The molecule has 2 N–H and O–H groups in total. The number of aromatic nitrogens is 2. The van der Waals surface area contributed by atoms with E-state index >= 15 is 0 Å². The van der Waals surface area contributed by atoms with Crippen LogP contribution in [-0.2, 0) is 6.42 Å². The summed E-state index contributed by atoms with van der Waals surface area (Å²) >= 11 is 1.42. The second-order valence-electron chi connectivity index (χ2n) is 7.83. The standard InChI is InChI=1S/C26H28N4O4S/c1-4-22-21-16-23(35-26(21)30(29-22)18-8-12-20(34-3)13-9-18)25(32)28-15-5-14-27-24(31)17-6-10-19(33-2)11-7-17/h6-13,16H,4-5,14-15H2,1-3H3,(H,27,31)(H,28,32). The Hall–Kier alpha value is -3.85. The van der Waals surface area contributed by atoms with Gasteiger partial charge in [-0.15, -0.1) is 11.3 Å². The second-order valence-corrected chi connectivity index (χ2v) is 8.86. The molecule has 0 aliphatic carbocycles. The number of methoxy groups -OCH3 is 2. The Morgan fingerprint density at radius 2 is 1.51 bits per heavy atom. The molecule has 0 aliphatic rings. The number of ether oxygens (including phenoxy) is 2. The van der Waals surface area contributed by atoms with Crippen molar-refractivity contribution < 1.29 is 19.1 Å². The average molecular weight is 493 g/mol. The zero-order valence-corrected chi connectivity index (χ0v) is 20.8. The van der Waals surface area contributed by atoms with Gasteiger partial charge in [0, 0.05) is 24.0 Å². The van der Waals surface area contributed by atoms with E-state index in [4.69, 9.17) is 14.6 Å².